The standard InChI is InChI=1S/C19H12F3NO3S2/c20-19(21,22)14-6-4-11(5-7-14)10-23-16(24)15(28-18(23)27)9-12-2-1-3-13(8-12)17(25)26/h1-9H,10H2,(H,25,26)/b15-9-. The second kappa shape index (κ2) is 7.76. The van der Waals surface area contributed by atoms with E-state index in [4.69, 9.17) is 17.3 Å². The number of nitrogens with zero attached hydrogens (tertiary/aromatic N) is 1. The molecule has 9 heteroatoms. The fourth-order valence-corrected chi connectivity index (χ4v) is 3.79. The summed E-state index contributed by atoms with van der Waals surface area (Å²) in [7, 11) is 0. The molecule has 3 rings (SSSR count). The zero-order valence-electron chi connectivity index (χ0n) is 14.1. The highest BCUT2D eigenvalue weighted by atomic mass is 32.2. The normalized spacial score (nSPS) is 16.1. The Kier molecular flexibility index (Phi) is 5.57. The molecule has 1 heterocycles. The molecular formula is C19H12F3NO3S2. The molecule has 1 amide bonds. The third-order valence-corrected chi connectivity index (χ3v) is 5.30. The van der Waals surface area contributed by atoms with Gasteiger partial charge in [0.15, 0.2) is 0 Å². The molecule has 0 unspecified atom stereocenters. The van der Waals surface area contributed by atoms with Gasteiger partial charge in [-0.05, 0) is 41.5 Å². The first-order valence-electron chi connectivity index (χ1n) is 7.90. The number of carboxylic acid groups (broad SMARTS) is 1. The maximum Gasteiger partial charge on any atom is 0.416 e. The molecule has 2 aromatic carbocycles. The Labute approximate surface area is 167 Å². The molecule has 28 heavy (non-hydrogen) atoms. The molecule has 1 saturated heterocycles. The van der Waals surface area contributed by atoms with Crippen molar-refractivity contribution in [1.82, 2.24) is 4.90 Å². The quantitative estimate of drug-likeness (QED) is 0.565. The molecule has 0 bridgehead atoms. The van der Waals surface area contributed by atoms with Crippen molar-refractivity contribution in [3.63, 3.8) is 0 Å². The minimum Gasteiger partial charge on any atom is -0.478 e. The summed E-state index contributed by atoms with van der Waals surface area (Å²) >= 11 is 6.27. The first-order chi connectivity index (χ1) is 13.1. The average Bonchev–Trinajstić information content (AvgIpc) is 2.89. The van der Waals surface area contributed by atoms with Gasteiger partial charge in [0.1, 0.15) is 4.32 Å². The number of aromatic carboxylic acids is 1. The molecule has 1 aliphatic rings. The number of carbonyl (C=O) groups is 2. The van der Waals surface area contributed by atoms with Crippen molar-refractivity contribution in [3.05, 3.63) is 75.7 Å². The molecule has 0 saturated carbocycles. The molecule has 2 aromatic rings. The zero-order valence-corrected chi connectivity index (χ0v) is 15.7. The molecule has 1 aliphatic heterocycles. The summed E-state index contributed by atoms with van der Waals surface area (Å²) in [5.41, 5.74) is 0.377. The second-order valence-corrected chi connectivity index (χ2v) is 7.57. The van der Waals surface area contributed by atoms with Gasteiger partial charge in [0.25, 0.3) is 5.91 Å². The first-order valence-corrected chi connectivity index (χ1v) is 9.12. The van der Waals surface area contributed by atoms with Crippen molar-refractivity contribution in [1.29, 1.82) is 0 Å². The average molecular weight is 423 g/mol. The van der Waals surface area contributed by atoms with Gasteiger partial charge in [-0.2, -0.15) is 13.2 Å². The molecule has 0 radical (unpaired) electrons. The molecule has 144 valence electrons. The number of benzene rings is 2. The number of rotatable bonds is 4. The van der Waals surface area contributed by atoms with Crippen LogP contribution in [-0.4, -0.2) is 26.2 Å². The number of thiocarbonyl (C=S) groups is 1. The van der Waals surface area contributed by atoms with Crippen LogP contribution >= 0.6 is 24.0 Å². The van der Waals surface area contributed by atoms with Crippen LogP contribution < -0.4 is 0 Å². The number of hydrogen-bond donors (Lipinski definition) is 1. The van der Waals surface area contributed by atoms with Gasteiger partial charge in [0.05, 0.1) is 22.6 Å². The molecule has 0 atom stereocenters. The summed E-state index contributed by atoms with van der Waals surface area (Å²) in [5.74, 6) is -1.46. The van der Waals surface area contributed by atoms with E-state index in [0.29, 0.717) is 16.0 Å². The van der Waals surface area contributed by atoms with E-state index in [2.05, 4.69) is 0 Å². The number of hydrogen-bond acceptors (Lipinski definition) is 4. The summed E-state index contributed by atoms with van der Waals surface area (Å²) in [6.45, 7) is 0.0509. The van der Waals surface area contributed by atoms with Gasteiger partial charge in [-0.25, -0.2) is 4.79 Å². The van der Waals surface area contributed by atoms with Crippen LogP contribution in [0.25, 0.3) is 6.08 Å². The third-order valence-electron chi connectivity index (χ3n) is 3.93. The van der Waals surface area contributed by atoms with Crippen molar-refractivity contribution in [2.45, 2.75) is 12.7 Å². The monoisotopic (exact) mass is 423 g/mol. The van der Waals surface area contributed by atoms with E-state index in [1.165, 1.54) is 29.2 Å². The maximum atomic E-state index is 12.7. The number of thioether (sulfide) groups is 1. The minimum absolute atomic E-state index is 0.0509. The zero-order chi connectivity index (χ0) is 20.5. The van der Waals surface area contributed by atoms with Crippen molar-refractivity contribution >= 4 is 46.3 Å². The highest BCUT2D eigenvalue weighted by Crippen LogP contribution is 2.34. The molecule has 0 spiro atoms. The lowest BCUT2D eigenvalue weighted by Crippen LogP contribution is -2.27. The summed E-state index contributed by atoms with van der Waals surface area (Å²) in [6.07, 6.45) is -2.88. The van der Waals surface area contributed by atoms with Gasteiger partial charge in [-0.1, -0.05) is 48.2 Å². The van der Waals surface area contributed by atoms with Crippen LogP contribution in [-0.2, 0) is 17.5 Å². The van der Waals surface area contributed by atoms with E-state index in [1.54, 1.807) is 18.2 Å². The van der Waals surface area contributed by atoms with Crippen LogP contribution in [0.3, 0.4) is 0 Å². The highest BCUT2D eigenvalue weighted by Gasteiger charge is 2.33. The van der Waals surface area contributed by atoms with E-state index < -0.39 is 17.7 Å². The van der Waals surface area contributed by atoms with Crippen molar-refractivity contribution < 1.29 is 27.9 Å². The Bertz CT molecular complexity index is 985. The minimum atomic E-state index is -4.42. The van der Waals surface area contributed by atoms with E-state index in [0.717, 1.165) is 23.9 Å². The Morgan fingerprint density at radius 3 is 2.46 bits per heavy atom. The molecule has 0 aromatic heterocycles. The Morgan fingerprint density at radius 1 is 1.18 bits per heavy atom. The molecule has 4 nitrogen and oxygen atoms in total. The van der Waals surface area contributed by atoms with E-state index in [1.807, 2.05) is 0 Å². The molecule has 1 fully saturated rings. The summed E-state index contributed by atoms with van der Waals surface area (Å²) in [4.78, 5) is 25.3. The van der Waals surface area contributed by atoms with E-state index in [-0.39, 0.29) is 22.3 Å². The van der Waals surface area contributed by atoms with Crippen LogP contribution in [0, 0.1) is 0 Å². The molecule has 1 N–H and O–H groups in total. The molecular weight excluding hydrogens is 411 g/mol. The Morgan fingerprint density at radius 2 is 1.86 bits per heavy atom. The SMILES string of the molecule is O=C(O)c1cccc(/C=C2\SC(=S)N(Cc3ccc(C(F)(F)F)cc3)C2=O)c1. The van der Waals surface area contributed by atoms with Gasteiger partial charge in [-0.3, -0.25) is 9.69 Å². The largest absolute Gasteiger partial charge is 0.478 e. The molecule has 0 aliphatic carbocycles. The van der Waals surface area contributed by atoms with Crippen molar-refractivity contribution in [3.8, 4) is 0 Å². The number of alkyl halides is 3. The smallest absolute Gasteiger partial charge is 0.416 e. The summed E-state index contributed by atoms with van der Waals surface area (Å²) in [6, 6.07) is 10.6. The van der Waals surface area contributed by atoms with Crippen LogP contribution in [0.5, 0.6) is 0 Å². The third kappa shape index (κ3) is 4.42. The van der Waals surface area contributed by atoms with Gasteiger partial charge in [-0.15, -0.1) is 0 Å². The highest BCUT2D eigenvalue weighted by molar-refractivity contribution is 8.26. The van der Waals surface area contributed by atoms with Crippen molar-refractivity contribution in [2.75, 3.05) is 0 Å². The van der Waals surface area contributed by atoms with Gasteiger partial charge in [0.2, 0.25) is 0 Å². The first kappa shape index (κ1) is 20.1. The van der Waals surface area contributed by atoms with Gasteiger partial charge in [0, 0.05) is 0 Å². The summed E-state index contributed by atoms with van der Waals surface area (Å²) < 4.78 is 38.2. The lowest BCUT2D eigenvalue weighted by Gasteiger charge is -2.15. The Balaban J connectivity index is 1.78. The topological polar surface area (TPSA) is 57.6 Å². The van der Waals surface area contributed by atoms with Gasteiger partial charge < -0.3 is 5.11 Å². The fraction of sp³-hybridized carbons (Fsp3) is 0.105. The number of carboxylic acids is 1. The lowest BCUT2D eigenvalue weighted by atomic mass is 10.1. The predicted octanol–water partition coefficient (Wildman–Crippen LogP) is 4.81. The number of halogens is 3. The van der Waals surface area contributed by atoms with Crippen LogP contribution in [0.4, 0.5) is 13.2 Å². The maximum absolute atomic E-state index is 12.7. The number of amides is 1. The fourth-order valence-electron chi connectivity index (χ4n) is 2.53. The summed E-state index contributed by atoms with van der Waals surface area (Å²) in [5, 5.41) is 9.05. The van der Waals surface area contributed by atoms with E-state index in [9.17, 15) is 22.8 Å². The van der Waals surface area contributed by atoms with E-state index >= 15 is 0 Å². The lowest BCUT2D eigenvalue weighted by molar-refractivity contribution is -0.137. The Hall–Kier alpha value is -2.65. The number of carbonyl (C=O) groups excluding carboxylic acids is 1. The second-order valence-electron chi connectivity index (χ2n) is 5.89. The van der Waals surface area contributed by atoms with Crippen LogP contribution in [0.2, 0.25) is 0 Å². The van der Waals surface area contributed by atoms with Gasteiger partial charge >= 0.3 is 12.1 Å². The predicted molar refractivity (Wildman–Crippen MR) is 104 cm³/mol. The van der Waals surface area contributed by atoms with Crippen LogP contribution in [0.1, 0.15) is 27.0 Å². The van der Waals surface area contributed by atoms with Crippen molar-refractivity contribution in [2.24, 2.45) is 0 Å². The van der Waals surface area contributed by atoms with Crippen LogP contribution in [0.15, 0.2) is 53.4 Å².